The van der Waals surface area contributed by atoms with Crippen molar-refractivity contribution >= 4 is 5.96 Å². The van der Waals surface area contributed by atoms with E-state index in [9.17, 15) is 0 Å². The average molecular weight is 182 g/mol. The van der Waals surface area contributed by atoms with Gasteiger partial charge in [-0.1, -0.05) is 0 Å². The third-order valence-electron chi connectivity index (χ3n) is 1.70. The van der Waals surface area contributed by atoms with Crippen molar-refractivity contribution in [3.63, 3.8) is 0 Å². The van der Waals surface area contributed by atoms with E-state index in [0.717, 1.165) is 18.8 Å². The Labute approximate surface area is 76.9 Å². The van der Waals surface area contributed by atoms with Gasteiger partial charge in [0, 0.05) is 27.1 Å². The highest BCUT2D eigenvalue weighted by Crippen LogP contribution is 1.90. The molecule has 0 aliphatic carbocycles. The van der Waals surface area contributed by atoms with Crippen molar-refractivity contribution in [2.45, 2.75) is 6.42 Å². The normalized spacial score (nSPS) is 11.7. The lowest BCUT2D eigenvalue weighted by molar-refractivity contribution is 0.745. The lowest BCUT2D eigenvalue weighted by atomic mass is 10.4. The molecule has 0 spiro atoms. The number of nitrogens with one attached hydrogen (secondary N) is 1. The molecule has 0 aliphatic heterocycles. The Balaban J connectivity index is 2.32. The summed E-state index contributed by atoms with van der Waals surface area (Å²) in [6, 6.07) is 0. The third kappa shape index (κ3) is 2.73. The van der Waals surface area contributed by atoms with Crippen molar-refractivity contribution in [2.24, 2.45) is 17.8 Å². The molecule has 0 fully saturated rings. The molecule has 6 heteroatoms. The maximum absolute atomic E-state index is 5.45. The quantitative estimate of drug-likeness (QED) is 0.459. The zero-order chi connectivity index (χ0) is 9.68. The average Bonchev–Trinajstić information content (AvgIpc) is 2.52. The van der Waals surface area contributed by atoms with Crippen molar-refractivity contribution in [2.75, 3.05) is 13.6 Å². The maximum Gasteiger partial charge on any atom is 0.188 e. The Morgan fingerprint density at radius 2 is 2.54 bits per heavy atom. The van der Waals surface area contributed by atoms with Gasteiger partial charge in [0.15, 0.2) is 5.96 Å². The van der Waals surface area contributed by atoms with Gasteiger partial charge in [-0.05, 0) is 0 Å². The first-order chi connectivity index (χ1) is 6.24. The number of aryl methyl sites for hydroxylation is 1. The van der Waals surface area contributed by atoms with Gasteiger partial charge in [0.2, 0.25) is 0 Å². The van der Waals surface area contributed by atoms with Crippen LogP contribution in [-0.4, -0.2) is 34.3 Å². The van der Waals surface area contributed by atoms with Crippen LogP contribution in [0.5, 0.6) is 0 Å². The van der Waals surface area contributed by atoms with Crippen molar-refractivity contribution in [1.82, 2.24) is 20.1 Å². The molecule has 0 bridgehead atoms. The largest absolute Gasteiger partial charge is 0.370 e. The Bertz CT molecular complexity index is 289. The number of hydrogen-bond acceptors (Lipinski definition) is 3. The molecule has 0 unspecified atom stereocenters. The fraction of sp³-hybridized carbons (Fsp3) is 0.571. The molecule has 13 heavy (non-hydrogen) atoms. The number of guanidine groups is 1. The van der Waals surface area contributed by atoms with Gasteiger partial charge < -0.3 is 15.6 Å². The fourth-order valence-corrected chi connectivity index (χ4v) is 0.915. The van der Waals surface area contributed by atoms with E-state index in [-0.39, 0.29) is 0 Å². The first-order valence-corrected chi connectivity index (χ1v) is 4.03. The van der Waals surface area contributed by atoms with E-state index in [1.54, 1.807) is 13.4 Å². The summed E-state index contributed by atoms with van der Waals surface area (Å²) >= 11 is 0. The van der Waals surface area contributed by atoms with E-state index >= 15 is 0 Å². The first-order valence-electron chi connectivity index (χ1n) is 4.03. The molecule has 6 nitrogen and oxygen atoms in total. The fourth-order valence-electron chi connectivity index (χ4n) is 0.915. The Morgan fingerprint density at radius 3 is 3.08 bits per heavy atom. The molecule has 1 aromatic rings. The van der Waals surface area contributed by atoms with Crippen LogP contribution in [0.1, 0.15) is 5.82 Å². The van der Waals surface area contributed by atoms with Crippen LogP contribution in [0, 0.1) is 0 Å². The predicted octanol–water partition coefficient (Wildman–Crippen LogP) is -1.11. The van der Waals surface area contributed by atoms with Crippen LogP contribution in [-0.2, 0) is 13.5 Å². The molecule has 0 saturated carbocycles. The minimum Gasteiger partial charge on any atom is -0.370 e. The number of aliphatic imine (C=N–C) groups is 1. The van der Waals surface area contributed by atoms with Gasteiger partial charge in [-0.25, -0.2) is 0 Å². The summed E-state index contributed by atoms with van der Waals surface area (Å²) in [6.45, 7) is 0.718. The standard InChI is InChI=1S/C7H14N6/c1-9-7(8)10-4-3-6-12-11-5-13(6)2/h5H,3-4H2,1-2H3,(H3,8,9,10). The summed E-state index contributed by atoms with van der Waals surface area (Å²) in [5, 5.41) is 10.6. The van der Waals surface area contributed by atoms with Crippen LogP contribution < -0.4 is 11.1 Å². The van der Waals surface area contributed by atoms with E-state index in [0.29, 0.717) is 5.96 Å². The van der Waals surface area contributed by atoms with E-state index in [1.807, 2.05) is 11.6 Å². The number of hydrogen-bond donors (Lipinski definition) is 2. The number of rotatable bonds is 3. The minimum atomic E-state index is 0.446. The number of nitrogens with two attached hydrogens (primary N) is 1. The Morgan fingerprint density at radius 1 is 1.77 bits per heavy atom. The van der Waals surface area contributed by atoms with Gasteiger partial charge in [-0.15, -0.1) is 10.2 Å². The Hall–Kier alpha value is -1.59. The van der Waals surface area contributed by atoms with Crippen LogP contribution in [0.25, 0.3) is 0 Å². The highest BCUT2D eigenvalue weighted by atomic mass is 15.2. The molecule has 1 heterocycles. The summed E-state index contributed by atoms with van der Waals surface area (Å²) in [4.78, 5) is 3.77. The zero-order valence-electron chi connectivity index (χ0n) is 7.86. The molecule has 0 radical (unpaired) electrons. The highest BCUT2D eigenvalue weighted by Gasteiger charge is 1.99. The lowest BCUT2D eigenvalue weighted by Crippen LogP contribution is -2.33. The zero-order valence-corrected chi connectivity index (χ0v) is 7.86. The molecule has 0 atom stereocenters. The van der Waals surface area contributed by atoms with Crippen molar-refractivity contribution < 1.29 is 0 Å². The molecule has 3 N–H and O–H groups in total. The molecule has 1 aromatic heterocycles. The monoisotopic (exact) mass is 182 g/mol. The van der Waals surface area contributed by atoms with Gasteiger partial charge in [-0.2, -0.15) is 0 Å². The van der Waals surface area contributed by atoms with Crippen LogP contribution in [0.15, 0.2) is 11.3 Å². The maximum atomic E-state index is 5.45. The van der Waals surface area contributed by atoms with Crippen molar-refractivity contribution in [3.8, 4) is 0 Å². The molecule has 0 aromatic carbocycles. The van der Waals surface area contributed by atoms with E-state index < -0.39 is 0 Å². The molecule has 72 valence electrons. The van der Waals surface area contributed by atoms with E-state index in [1.165, 1.54) is 0 Å². The van der Waals surface area contributed by atoms with Crippen LogP contribution >= 0.6 is 0 Å². The van der Waals surface area contributed by atoms with Gasteiger partial charge >= 0.3 is 0 Å². The van der Waals surface area contributed by atoms with Crippen molar-refractivity contribution in [1.29, 1.82) is 0 Å². The second kappa shape index (κ2) is 4.44. The van der Waals surface area contributed by atoms with Crippen molar-refractivity contribution in [3.05, 3.63) is 12.2 Å². The summed E-state index contributed by atoms with van der Waals surface area (Å²) in [5.74, 6) is 1.37. The third-order valence-corrected chi connectivity index (χ3v) is 1.70. The summed E-state index contributed by atoms with van der Waals surface area (Å²) in [7, 11) is 3.55. The summed E-state index contributed by atoms with van der Waals surface area (Å²) in [5.41, 5.74) is 5.45. The first kappa shape index (κ1) is 9.50. The van der Waals surface area contributed by atoms with Crippen LogP contribution in [0.2, 0.25) is 0 Å². The minimum absolute atomic E-state index is 0.446. The van der Waals surface area contributed by atoms with E-state index in [2.05, 4.69) is 20.5 Å². The number of aromatic nitrogens is 3. The van der Waals surface area contributed by atoms with Gasteiger partial charge in [0.05, 0.1) is 0 Å². The SMILES string of the molecule is CN=C(N)NCCc1nncn1C. The molecule has 1 rings (SSSR count). The smallest absolute Gasteiger partial charge is 0.188 e. The second-order valence-corrected chi connectivity index (χ2v) is 2.64. The van der Waals surface area contributed by atoms with E-state index in [4.69, 9.17) is 5.73 Å². The lowest BCUT2D eigenvalue weighted by Gasteiger charge is -2.03. The molecule has 0 saturated heterocycles. The summed E-state index contributed by atoms with van der Waals surface area (Å²) < 4.78 is 1.88. The van der Waals surface area contributed by atoms with Gasteiger partial charge in [0.25, 0.3) is 0 Å². The Kier molecular flexibility index (Phi) is 3.24. The molecule has 0 aliphatic rings. The summed E-state index contributed by atoms with van der Waals surface area (Å²) in [6.07, 6.45) is 2.46. The van der Waals surface area contributed by atoms with Gasteiger partial charge in [0.1, 0.15) is 12.2 Å². The van der Waals surface area contributed by atoms with Crippen LogP contribution in [0.4, 0.5) is 0 Å². The molecular formula is C7H14N6. The van der Waals surface area contributed by atoms with Gasteiger partial charge in [-0.3, -0.25) is 4.99 Å². The second-order valence-electron chi connectivity index (χ2n) is 2.64. The highest BCUT2D eigenvalue weighted by molar-refractivity contribution is 5.77. The topological polar surface area (TPSA) is 81.1 Å². The number of nitrogens with zero attached hydrogens (tertiary/aromatic N) is 4. The molecular weight excluding hydrogens is 168 g/mol. The van der Waals surface area contributed by atoms with Crippen LogP contribution in [0.3, 0.4) is 0 Å². The molecule has 0 amide bonds. The predicted molar refractivity (Wildman–Crippen MR) is 50.3 cm³/mol.